The van der Waals surface area contributed by atoms with Crippen LogP contribution in [0.3, 0.4) is 0 Å². The van der Waals surface area contributed by atoms with Gasteiger partial charge in [-0.15, -0.1) is 0 Å². The van der Waals surface area contributed by atoms with E-state index >= 15 is 0 Å². The summed E-state index contributed by atoms with van der Waals surface area (Å²) in [5.41, 5.74) is 7.43. The minimum Gasteiger partial charge on any atom is -0.381 e. The summed E-state index contributed by atoms with van der Waals surface area (Å²) < 4.78 is 13.0. The second-order valence-electron chi connectivity index (χ2n) is 10.2. The van der Waals surface area contributed by atoms with Gasteiger partial charge < -0.3 is 19.4 Å². The third-order valence-corrected chi connectivity index (χ3v) is 7.37. The molecule has 4 aromatic rings. The zero-order chi connectivity index (χ0) is 25.7. The molecule has 38 heavy (non-hydrogen) atoms. The van der Waals surface area contributed by atoms with Crippen molar-refractivity contribution in [1.82, 2.24) is 19.4 Å². The van der Waals surface area contributed by atoms with E-state index in [0.29, 0.717) is 18.8 Å². The molecule has 8 heteroatoms. The second-order valence-corrected chi connectivity index (χ2v) is 10.2. The minimum absolute atomic E-state index is 0.00280. The van der Waals surface area contributed by atoms with Crippen LogP contribution in [-0.2, 0) is 33.8 Å². The molecule has 1 amide bonds. The van der Waals surface area contributed by atoms with E-state index < -0.39 is 0 Å². The van der Waals surface area contributed by atoms with Gasteiger partial charge in [0.2, 0.25) is 5.91 Å². The molecule has 0 bridgehead atoms. The Morgan fingerprint density at radius 3 is 2.66 bits per heavy atom. The minimum atomic E-state index is -0.00280. The number of hydrogen-bond acceptors (Lipinski definition) is 6. The number of carbonyl (C=O) groups is 1. The molecule has 8 nitrogen and oxygen atoms in total. The molecule has 0 saturated carbocycles. The highest BCUT2D eigenvalue weighted by Crippen LogP contribution is 2.28. The normalized spacial score (nSPS) is 16.4. The van der Waals surface area contributed by atoms with Gasteiger partial charge in [-0.25, -0.2) is 4.98 Å². The van der Waals surface area contributed by atoms with Gasteiger partial charge in [0, 0.05) is 56.6 Å². The fraction of sp³-hybridized carbons (Fsp3) is 0.367. The molecule has 196 valence electrons. The topological polar surface area (TPSA) is 81.5 Å². The highest BCUT2D eigenvalue weighted by Gasteiger charge is 2.20. The number of hydrogen-bond donors (Lipinski definition) is 1. The Hall–Kier alpha value is -3.59. The van der Waals surface area contributed by atoms with Crippen LogP contribution in [-0.4, -0.2) is 64.9 Å². The van der Waals surface area contributed by atoms with Crippen LogP contribution in [0.15, 0.2) is 67.3 Å². The Balaban J connectivity index is 1.09. The number of anilines is 1. The molecule has 2 aliphatic heterocycles. The number of aryl methyl sites for hydroxylation is 1. The molecule has 0 atom stereocenters. The van der Waals surface area contributed by atoms with E-state index in [2.05, 4.69) is 55.1 Å². The van der Waals surface area contributed by atoms with Crippen molar-refractivity contribution in [3.05, 3.63) is 78.4 Å². The molecule has 2 fully saturated rings. The van der Waals surface area contributed by atoms with Gasteiger partial charge in [0.05, 0.1) is 43.8 Å². The van der Waals surface area contributed by atoms with Crippen molar-refractivity contribution in [2.45, 2.75) is 25.9 Å². The number of morpholine rings is 1. The molecular weight excluding hydrogens is 478 g/mol. The van der Waals surface area contributed by atoms with Crippen molar-refractivity contribution in [2.75, 3.05) is 44.8 Å². The van der Waals surface area contributed by atoms with Crippen LogP contribution in [0.1, 0.15) is 17.5 Å². The zero-order valence-electron chi connectivity index (χ0n) is 21.5. The van der Waals surface area contributed by atoms with Crippen molar-refractivity contribution >= 4 is 22.6 Å². The summed E-state index contributed by atoms with van der Waals surface area (Å²) in [6.07, 6.45) is 6.59. The van der Waals surface area contributed by atoms with E-state index in [-0.39, 0.29) is 5.91 Å². The molecule has 2 aromatic heterocycles. The van der Waals surface area contributed by atoms with Gasteiger partial charge in [-0.3, -0.25) is 14.7 Å². The maximum absolute atomic E-state index is 12.8. The number of carbonyl (C=O) groups excluding carboxylic acids is 1. The standard InChI is InChI=1S/C30H33N5O3/c36-30(33-26-5-1-22(2-6-26)17-34-11-13-37-14-12-34)8-4-25-16-31-10-9-27(25)24-3-7-28-29(15-24)35(21-32-28)18-23-19-38-20-23/h1-3,5-7,9-10,15-16,21,23H,4,8,11-14,17-20H2,(H,33,36). The molecule has 2 saturated heterocycles. The average Bonchev–Trinajstić information content (AvgIpc) is 3.33. The Labute approximate surface area is 222 Å². The molecule has 0 aliphatic carbocycles. The number of nitrogens with zero attached hydrogens (tertiary/aromatic N) is 4. The van der Waals surface area contributed by atoms with Gasteiger partial charge in [0.15, 0.2) is 0 Å². The SMILES string of the molecule is O=C(CCc1cnccc1-c1ccc2ncn(CC3COC3)c2c1)Nc1ccc(CN2CCOCC2)cc1. The summed E-state index contributed by atoms with van der Waals surface area (Å²) >= 11 is 0. The zero-order valence-corrected chi connectivity index (χ0v) is 21.5. The first-order valence-corrected chi connectivity index (χ1v) is 13.4. The molecular formula is C30H33N5O3. The molecule has 4 heterocycles. The van der Waals surface area contributed by atoms with E-state index in [0.717, 1.165) is 86.0 Å². The third-order valence-electron chi connectivity index (χ3n) is 7.37. The first-order chi connectivity index (χ1) is 18.7. The summed E-state index contributed by atoms with van der Waals surface area (Å²) in [7, 11) is 0. The first-order valence-electron chi connectivity index (χ1n) is 13.4. The molecule has 0 spiro atoms. The molecule has 6 rings (SSSR count). The Morgan fingerprint density at radius 2 is 1.87 bits per heavy atom. The lowest BCUT2D eigenvalue weighted by Crippen LogP contribution is -2.35. The maximum Gasteiger partial charge on any atom is 0.224 e. The van der Waals surface area contributed by atoms with Crippen molar-refractivity contribution in [2.24, 2.45) is 5.92 Å². The smallest absolute Gasteiger partial charge is 0.224 e. The third kappa shape index (κ3) is 5.78. The second kappa shape index (κ2) is 11.4. The number of amides is 1. The summed E-state index contributed by atoms with van der Waals surface area (Å²) in [4.78, 5) is 24.1. The van der Waals surface area contributed by atoms with Crippen LogP contribution in [0.2, 0.25) is 0 Å². The fourth-order valence-corrected chi connectivity index (χ4v) is 5.13. The number of fused-ring (bicyclic) bond motifs is 1. The Bertz CT molecular complexity index is 1390. The maximum atomic E-state index is 12.8. The molecule has 2 aliphatic rings. The lowest BCUT2D eigenvalue weighted by Gasteiger charge is -2.26. The number of aromatic nitrogens is 3. The van der Waals surface area contributed by atoms with Crippen molar-refractivity contribution in [3.63, 3.8) is 0 Å². The summed E-state index contributed by atoms with van der Waals surface area (Å²) in [5, 5.41) is 3.04. The van der Waals surface area contributed by atoms with Crippen LogP contribution in [0.5, 0.6) is 0 Å². The molecule has 0 unspecified atom stereocenters. The highest BCUT2D eigenvalue weighted by molar-refractivity contribution is 5.91. The molecule has 0 radical (unpaired) electrons. The molecule has 1 N–H and O–H groups in total. The number of benzene rings is 2. The van der Waals surface area contributed by atoms with Gasteiger partial charge >= 0.3 is 0 Å². The van der Waals surface area contributed by atoms with Crippen LogP contribution in [0, 0.1) is 5.92 Å². The van der Waals surface area contributed by atoms with E-state index in [1.165, 1.54) is 5.56 Å². The van der Waals surface area contributed by atoms with Crippen LogP contribution in [0.4, 0.5) is 5.69 Å². The fourth-order valence-electron chi connectivity index (χ4n) is 5.13. The predicted octanol–water partition coefficient (Wildman–Crippen LogP) is 4.15. The number of ether oxygens (including phenoxy) is 2. The summed E-state index contributed by atoms with van der Waals surface area (Å²) in [5.74, 6) is 0.545. The summed E-state index contributed by atoms with van der Waals surface area (Å²) in [6, 6.07) is 16.5. The number of nitrogens with one attached hydrogen (secondary N) is 1. The van der Waals surface area contributed by atoms with E-state index in [9.17, 15) is 4.79 Å². The summed E-state index contributed by atoms with van der Waals surface area (Å²) in [6.45, 7) is 6.96. The van der Waals surface area contributed by atoms with Crippen LogP contribution < -0.4 is 5.32 Å². The quantitative estimate of drug-likeness (QED) is 0.364. The van der Waals surface area contributed by atoms with E-state index in [1.807, 2.05) is 36.9 Å². The van der Waals surface area contributed by atoms with Gasteiger partial charge in [-0.2, -0.15) is 0 Å². The van der Waals surface area contributed by atoms with Crippen molar-refractivity contribution in [3.8, 4) is 11.1 Å². The number of rotatable bonds is 9. The van der Waals surface area contributed by atoms with Crippen molar-refractivity contribution < 1.29 is 14.3 Å². The van der Waals surface area contributed by atoms with Gasteiger partial charge in [0.1, 0.15) is 0 Å². The first kappa shape index (κ1) is 24.7. The number of pyridine rings is 1. The predicted molar refractivity (Wildman–Crippen MR) is 147 cm³/mol. The van der Waals surface area contributed by atoms with E-state index in [4.69, 9.17) is 9.47 Å². The molecule has 2 aromatic carbocycles. The van der Waals surface area contributed by atoms with Gasteiger partial charge in [0.25, 0.3) is 0 Å². The largest absolute Gasteiger partial charge is 0.381 e. The Kier molecular flexibility index (Phi) is 7.44. The van der Waals surface area contributed by atoms with E-state index in [1.54, 1.807) is 0 Å². The van der Waals surface area contributed by atoms with Gasteiger partial charge in [-0.1, -0.05) is 18.2 Å². The average molecular weight is 512 g/mol. The monoisotopic (exact) mass is 511 g/mol. The lowest BCUT2D eigenvalue weighted by molar-refractivity contribution is -0.116. The highest BCUT2D eigenvalue weighted by atomic mass is 16.5. The number of imidazole rings is 1. The van der Waals surface area contributed by atoms with Crippen LogP contribution >= 0.6 is 0 Å². The van der Waals surface area contributed by atoms with Crippen molar-refractivity contribution in [1.29, 1.82) is 0 Å². The van der Waals surface area contributed by atoms with Crippen LogP contribution in [0.25, 0.3) is 22.2 Å². The Morgan fingerprint density at radius 1 is 1.03 bits per heavy atom. The van der Waals surface area contributed by atoms with Gasteiger partial charge in [-0.05, 0) is 59.0 Å². The lowest BCUT2D eigenvalue weighted by atomic mass is 9.98.